The van der Waals surface area contributed by atoms with Gasteiger partial charge in [-0.2, -0.15) is 0 Å². The topological polar surface area (TPSA) is 136 Å². The predicted molar refractivity (Wildman–Crippen MR) is 157 cm³/mol. The Kier molecular flexibility index (Phi) is 6.51. The molecule has 6 saturated carbocycles. The number of rotatable bonds is 6. The fraction of sp³-hybridized carbons (Fsp3) is 0.531. The first-order valence-corrected chi connectivity index (χ1v) is 17.5. The van der Waals surface area contributed by atoms with Crippen LogP contribution in [0.3, 0.4) is 0 Å². The van der Waals surface area contributed by atoms with Crippen LogP contribution < -0.4 is 4.74 Å². The molecule has 2 aromatic carbocycles. The third-order valence-corrected chi connectivity index (χ3v) is 12.8. The molecule has 1 aliphatic heterocycles. The summed E-state index contributed by atoms with van der Waals surface area (Å²) in [4.78, 5) is 39.4. The van der Waals surface area contributed by atoms with E-state index >= 15 is 0 Å². The zero-order valence-electron chi connectivity index (χ0n) is 23.1. The quantitative estimate of drug-likeness (QED) is 0.181. The van der Waals surface area contributed by atoms with Crippen molar-refractivity contribution in [1.82, 2.24) is 0 Å². The first-order chi connectivity index (χ1) is 20.5. The summed E-state index contributed by atoms with van der Waals surface area (Å²) in [7, 11) is -4.74. The number of carbonyl (C=O) groups is 3. The number of ether oxygens (including phenoxy) is 3. The maximum Gasteiger partial charge on any atom is 0.338 e. The van der Waals surface area contributed by atoms with E-state index < -0.39 is 58.0 Å². The third kappa shape index (κ3) is 4.55. The first-order valence-electron chi connectivity index (χ1n) is 15.0. The maximum atomic E-state index is 13.7. The van der Waals surface area contributed by atoms with Gasteiger partial charge in [0.25, 0.3) is 0 Å². The average molecular weight is 718 g/mol. The number of carbonyl (C=O) groups excluding carboxylic acids is 3. The third-order valence-electron chi connectivity index (χ3n) is 11.2. The standard InChI is InChI=1S/C32H31IO9S/c33-19-3-1-2-16(11-19)30(34)41-28-22-13-23-27(32(36)42-29(23)28)26(22)31(35)40-20-4-5-24(43(37,38)39)21(12-20)25-17-7-14-6-15(9-17)10-18(25)8-14/h1-5,11-12,14-15,17-18,22-23,25-29H,6-10,13H2,(H,37,38,39)/p-1. The van der Waals surface area contributed by atoms with Crippen molar-refractivity contribution in [1.29, 1.82) is 0 Å². The number of hydrogen-bond acceptors (Lipinski definition) is 9. The fourth-order valence-corrected chi connectivity index (χ4v) is 11.2. The molecule has 9 nitrogen and oxygen atoms in total. The van der Waals surface area contributed by atoms with Crippen molar-refractivity contribution >= 4 is 50.6 Å². The lowest BCUT2D eigenvalue weighted by atomic mass is 9.51. The molecule has 226 valence electrons. The second kappa shape index (κ2) is 10.00. The summed E-state index contributed by atoms with van der Waals surface area (Å²) in [6.07, 6.45) is 4.47. The largest absolute Gasteiger partial charge is 0.744 e. The van der Waals surface area contributed by atoms with Crippen LogP contribution in [-0.4, -0.2) is 43.1 Å². The summed E-state index contributed by atoms with van der Waals surface area (Å²) in [6, 6.07) is 11.1. The highest BCUT2D eigenvalue weighted by Crippen LogP contribution is 2.61. The van der Waals surface area contributed by atoms with Crippen LogP contribution in [0.4, 0.5) is 0 Å². The van der Waals surface area contributed by atoms with Gasteiger partial charge in [-0.05, 0) is 133 Å². The summed E-state index contributed by atoms with van der Waals surface area (Å²) < 4.78 is 55.2. The van der Waals surface area contributed by atoms with E-state index in [2.05, 4.69) is 22.6 Å². The van der Waals surface area contributed by atoms with Crippen molar-refractivity contribution in [3.63, 3.8) is 0 Å². The second-order valence-corrected chi connectivity index (χ2v) is 16.0. The van der Waals surface area contributed by atoms with Crippen LogP contribution in [0, 0.1) is 50.9 Å². The molecule has 1 saturated heterocycles. The molecule has 0 amide bonds. The number of hydrogen-bond donors (Lipinski definition) is 0. The molecule has 0 radical (unpaired) electrons. The highest BCUT2D eigenvalue weighted by molar-refractivity contribution is 14.1. The van der Waals surface area contributed by atoms with Gasteiger partial charge in [-0.15, -0.1) is 0 Å². The molecule has 0 aromatic heterocycles. The smallest absolute Gasteiger partial charge is 0.338 e. The van der Waals surface area contributed by atoms with E-state index in [1.165, 1.54) is 18.6 Å². The second-order valence-electron chi connectivity index (χ2n) is 13.4. The molecule has 7 aliphatic rings. The minimum Gasteiger partial charge on any atom is -0.744 e. The van der Waals surface area contributed by atoms with E-state index in [-0.39, 0.29) is 22.5 Å². The van der Waals surface area contributed by atoms with Crippen molar-refractivity contribution in [3.05, 3.63) is 57.2 Å². The lowest BCUT2D eigenvalue weighted by Gasteiger charge is -2.55. The lowest BCUT2D eigenvalue weighted by Crippen LogP contribution is -2.44. The van der Waals surface area contributed by atoms with Gasteiger partial charge in [0.2, 0.25) is 0 Å². The molecule has 1 heterocycles. The SMILES string of the molecule is O=C(OC1C2CC3C1OC(=O)C3C2C(=O)Oc1ccc(S(=O)(=O)[O-])c(C2C3CC4CC(C3)CC2C4)c1)c1cccc(I)c1. The van der Waals surface area contributed by atoms with Crippen molar-refractivity contribution in [3.8, 4) is 5.75 Å². The Hall–Kier alpha value is -2.51. The predicted octanol–water partition coefficient (Wildman–Crippen LogP) is 4.67. The Labute approximate surface area is 262 Å². The van der Waals surface area contributed by atoms with Crippen molar-refractivity contribution in [2.45, 2.75) is 61.5 Å². The Morgan fingerprint density at radius 2 is 1.63 bits per heavy atom. The molecule has 6 bridgehead atoms. The Balaban J connectivity index is 1.07. The van der Waals surface area contributed by atoms with Gasteiger partial charge in [0, 0.05) is 15.4 Å². The molecule has 6 aliphatic carbocycles. The van der Waals surface area contributed by atoms with Crippen molar-refractivity contribution < 1.29 is 41.6 Å². The molecule has 9 rings (SSSR count). The van der Waals surface area contributed by atoms with E-state index in [0.717, 1.165) is 29.3 Å². The molecule has 0 N–H and O–H groups in total. The van der Waals surface area contributed by atoms with Crippen molar-refractivity contribution in [2.75, 3.05) is 0 Å². The van der Waals surface area contributed by atoms with Gasteiger partial charge < -0.3 is 18.8 Å². The van der Waals surface area contributed by atoms with Gasteiger partial charge in [0.05, 0.1) is 22.3 Å². The zero-order chi connectivity index (χ0) is 29.8. The zero-order valence-corrected chi connectivity index (χ0v) is 26.1. The highest BCUT2D eigenvalue weighted by atomic mass is 127. The molecule has 2 aromatic rings. The summed E-state index contributed by atoms with van der Waals surface area (Å²) >= 11 is 2.11. The molecular formula is C32H30IO9S-. The molecule has 6 unspecified atom stereocenters. The molecule has 7 fully saturated rings. The van der Waals surface area contributed by atoms with Crippen molar-refractivity contribution in [2.24, 2.45) is 47.3 Å². The Morgan fingerprint density at radius 1 is 0.907 bits per heavy atom. The minimum atomic E-state index is -4.74. The van der Waals surface area contributed by atoms with Gasteiger partial charge in [-0.25, -0.2) is 13.2 Å². The first kappa shape index (κ1) is 28.0. The Morgan fingerprint density at radius 3 is 2.30 bits per heavy atom. The van der Waals surface area contributed by atoms with Gasteiger partial charge in [-0.1, -0.05) is 6.07 Å². The Bertz CT molecular complexity index is 1630. The summed E-state index contributed by atoms with van der Waals surface area (Å²) in [5.74, 6) is -1.90. The molecule has 6 atom stereocenters. The van der Waals surface area contributed by atoms with E-state index in [4.69, 9.17) is 14.2 Å². The maximum absolute atomic E-state index is 13.7. The van der Waals surface area contributed by atoms with Crippen LogP contribution in [0.1, 0.15) is 60.4 Å². The van der Waals surface area contributed by atoms with E-state index in [0.29, 0.717) is 41.2 Å². The van der Waals surface area contributed by atoms with Crippen LogP contribution in [-0.2, 0) is 29.2 Å². The normalized spacial score (nSPS) is 38.3. The molecular weight excluding hydrogens is 687 g/mol. The summed E-state index contributed by atoms with van der Waals surface area (Å²) in [5.41, 5.74) is 0.826. The lowest BCUT2D eigenvalue weighted by molar-refractivity contribution is -0.149. The van der Waals surface area contributed by atoms with Gasteiger partial charge in [0.15, 0.2) is 0 Å². The number of esters is 3. The average Bonchev–Trinajstić information content (AvgIpc) is 3.56. The summed E-state index contributed by atoms with van der Waals surface area (Å²) in [6.45, 7) is 0. The van der Waals surface area contributed by atoms with Gasteiger partial charge in [-0.3, -0.25) is 9.59 Å². The molecule has 43 heavy (non-hydrogen) atoms. The van der Waals surface area contributed by atoms with Crippen LogP contribution in [0.25, 0.3) is 0 Å². The number of fused-ring (bicyclic) bond motifs is 1. The van der Waals surface area contributed by atoms with E-state index in [9.17, 15) is 27.4 Å². The number of halogens is 1. The van der Waals surface area contributed by atoms with Crippen LogP contribution in [0.2, 0.25) is 0 Å². The molecule has 11 heteroatoms. The summed E-state index contributed by atoms with van der Waals surface area (Å²) in [5, 5.41) is 0. The highest BCUT2D eigenvalue weighted by Gasteiger charge is 2.70. The van der Waals surface area contributed by atoms with Gasteiger partial charge >= 0.3 is 17.9 Å². The van der Waals surface area contributed by atoms with E-state index in [1.54, 1.807) is 24.3 Å². The van der Waals surface area contributed by atoms with Crippen LogP contribution in [0.5, 0.6) is 5.75 Å². The van der Waals surface area contributed by atoms with Gasteiger partial charge in [0.1, 0.15) is 28.1 Å². The fourth-order valence-electron chi connectivity index (χ4n) is 9.97. The monoisotopic (exact) mass is 717 g/mol. The minimum absolute atomic E-state index is 0.0666. The van der Waals surface area contributed by atoms with Crippen LogP contribution in [0.15, 0.2) is 47.4 Å². The van der Waals surface area contributed by atoms with E-state index in [1.807, 2.05) is 6.07 Å². The number of benzene rings is 2. The van der Waals surface area contributed by atoms with Crippen LogP contribution >= 0.6 is 22.6 Å². The molecule has 0 spiro atoms.